The van der Waals surface area contributed by atoms with Gasteiger partial charge < -0.3 is 43.4 Å². The number of hydrogen-bond donors (Lipinski definition) is 8. The van der Waals surface area contributed by atoms with Crippen molar-refractivity contribution in [2.45, 2.75) is 76.7 Å². The fraction of sp³-hybridized carbons (Fsp3) is 0.560. The monoisotopic (exact) mass is 535 g/mol. The molecule has 212 valence electrons. The molecule has 1 aromatic rings. The molecule has 0 aliphatic heterocycles. The Kier molecular flexibility index (Phi) is 13.8. The number of rotatable bonds is 16. The van der Waals surface area contributed by atoms with Gasteiger partial charge in [-0.05, 0) is 37.7 Å². The molecule has 0 fully saturated rings. The van der Waals surface area contributed by atoms with Crippen molar-refractivity contribution in [2.24, 2.45) is 28.1 Å². The zero-order valence-electron chi connectivity index (χ0n) is 22.1. The number of nitrogens with zero attached hydrogens (tertiary/aromatic N) is 1. The molecule has 5 atom stereocenters. The number of aliphatic imine (C=N–C) groups is 1. The van der Waals surface area contributed by atoms with Crippen molar-refractivity contribution >= 4 is 29.7 Å². The fourth-order valence-electron chi connectivity index (χ4n) is 3.63. The van der Waals surface area contributed by atoms with Crippen molar-refractivity contribution in [3.63, 3.8) is 0 Å². The lowest BCUT2D eigenvalue weighted by Gasteiger charge is -2.27. The highest BCUT2D eigenvalue weighted by atomic mass is 16.4. The van der Waals surface area contributed by atoms with Crippen molar-refractivity contribution in [2.75, 3.05) is 6.54 Å². The molecule has 5 unspecified atom stereocenters. The van der Waals surface area contributed by atoms with E-state index >= 15 is 0 Å². The number of aliphatic carboxylic acids is 1. The number of aliphatic hydroxyl groups is 1. The van der Waals surface area contributed by atoms with Crippen LogP contribution in [0.2, 0.25) is 0 Å². The Bertz CT molecular complexity index is 951. The van der Waals surface area contributed by atoms with Crippen LogP contribution >= 0.6 is 0 Å². The summed E-state index contributed by atoms with van der Waals surface area (Å²) in [5.74, 6) is -3.45. The number of nitrogens with two attached hydrogens (primary N) is 3. The number of benzene rings is 1. The summed E-state index contributed by atoms with van der Waals surface area (Å²) in [7, 11) is 0. The van der Waals surface area contributed by atoms with Crippen LogP contribution < -0.4 is 33.2 Å². The molecule has 13 heteroatoms. The number of carboxylic acid groups (broad SMARTS) is 1. The number of carbonyl (C=O) groups excluding carboxylic acids is 3. The first kappa shape index (κ1) is 32.3. The summed E-state index contributed by atoms with van der Waals surface area (Å²) >= 11 is 0. The Morgan fingerprint density at radius 2 is 1.53 bits per heavy atom. The number of guanidine groups is 1. The van der Waals surface area contributed by atoms with Crippen LogP contribution in [-0.2, 0) is 25.6 Å². The molecule has 0 saturated carbocycles. The van der Waals surface area contributed by atoms with E-state index < -0.39 is 54.0 Å². The molecule has 0 aliphatic rings. The lowest BCUT2D eigenvalue weighted by atomic mass is 10.0. The maximum Gasteiger partial charge on any atom is 0.326 e. The van der Waals surface area contributed by atoms with Gasteiger partial charge in [-0.3, -0.25) is 19.4 Å². The van der Waals surface area contributed by atoms with E-state index in [-0.39, 0.29) is 37.7 Å². The lowest BCUT2D eigenvalue weighted by molar-refractivity contribution is -0.143. The van der Waals surface area contributed by atoms with Crippen LogP contribution in [0.5, 0.6) is 0 Å². The van der Waals surface area contributed by atoms with Gasteiger partial charge in [0.2, 0.25) is 17.7 Å². The average Bonchev–Trinajstić information content (AvgIpc) is 2.83. The van der Waals surface area contributed by atoms with E-state index in [0.717, 1.165) is 5.56 Å². The van der Waals surface area contributed by atoms with Crippen molar-refractivity contribution in [1.29, 1.82) is 0 Å². The highest BCUT2D eigenvalue weighted by Crippen LogP contribution is 2.08. The summed E-state index contributed by atoms with van der Waals surface area (Å²) in [6, 6.07) is 4.19. The highest BCUT2D eigenvalue weighted by molar-refractivity contribution is 5.94. The molecule has 0 saturated heterocycles. The largest absolute Gasteiger partial charge is 0.480 e. The van der Waals surface area contributed by atoms with E-state index in [1.807, 2.05) is 13.8 Å². The molecule has 0 aromatic heterocycles. The van der Waals surface area contributed by atoms with E-state index in [4.69, 9.17) is 17.2 Å². The normalized spacial score (nSPS) is 14.9. The zero-order chi connectivity index (χ0) is 28.8. The molecule has 0 heterocycles. The van der Waals surface area contributed by atoms with E-state index in [2.05, 4.69) is 20.9 Å². The van der Waals surface area contributed by atoms with Gasteiger partial charge in [-0.15, -0.1) is 0 Å². The first-order chi connectivity index (χ1) is 17.8. The third-order valence-corrected chi connectivity index (χ3v) is 5.60. The maximum atomic E-state index is 13.2. The van der Waals surface area contributed by atoms with E-state index in [0.29, 0.717) is 6.42 Å². The van der Waals surface area contributed by atoms with Gasteiger partial charge in [0.1, 0.15) is 18.1 Å². The van der Waals surface area contributed by atoms with Crippen molar-refractivity contribution < 1.29 is 29.4 Å². The summed E-state index contributed by atoms with van der Waals surface area (Å²) in [5, 5.41) is 27.1. The second kappa shape index (κ2) is 16.2. The SMILES string of the molecule is CC(C)CC(N)C(=O)NC(Cc1ccccc1)C(=O)NC(C(=O)NC(CCCN=C(N)N)C(=O)O)C(C)O. The molecule has 0 aliphatic carbocycles. The van der Waals surface area contributed by atoms with Crippen molar-refractivity contribution in [1.82, 2.24) is 16.0 Å². The molecule has 1 aromatic carbocycles. The molecule has 3 amide bonds. The van der Waals surface area contributed by atoms with Gasteiger partial charge in [-0.25, -0.2) is 4.79 Å². The average molecular weight is 536 g/mol. The summed E-state index contributed by atoms with van der Waals surface area (Å²) in [6.07, 6.45) is -0.583. The minimum absolute atomic E-state index is 0.0127. The Morgan fingerprint density at radius 3 is 2.05 bits per heavy atom. The number of carbonyl (C=O) groups is 4. The first-order valence-electron chi connectivity index (χ1n) is 12.5. The molecule has 0 bridgehead atoms. The smallest absolute Gasteiger partial charge is 0.326 e. The Hall–Kier alpha value is -3.71. The van der Waals surface area contributed by atoms with Crippen LogP contribution in [0, 0.1) is 5.92 Å². The van der Waals surface area contributed by atoms with Crippen molar-refractivity contribution in [3.8, 4) is 0 Å². The zero-order valence-corrected chi connectivity index (χ0v) is 22.1. The standard InChI is InChI=1S/C25H41N7O6/c1-14(2)12-17(26)21(34)31-19(13-16-8-5-4-6-9-16)22(35)32-20(15(3)33)23(36)30-18(24(37)38)10-7-11-29-25(27)28/h4-6,8-9,14-15,17-20,33H,7,10-13,26H2,1-3H3,(H,30,36)(H,31,34)(H,32,35)(H,37,38)(H4,27,28,29). The van der Waals surface area contributed by atoms with Gasteiger partial charge in [-0.1, -0.05) is 44.2 Å². The minimum atomic E-state index is -1.48. The second-order valence-electron chi connectivity index (χ2n) is 9.56. The van der Waals surface area contributed by atoms with Crippen LogP contribution in [0.4, 0.5) is 0 Å². The topological polar surface area (TPSA) is 235 Å². The van der Waals surface area contributed by atoms with Gasteiger partial charge in [0, 0.05) is 13.0 Å². The van der Waals surface area contributed by atoms with Gasteiger partial charge >= 0.3 is 5.97 Å². The van der Waals surface area contributed by atoms with Crippen LogP contribution in [0.25, 0.3) is 0 Å². The van der Waals surface area contributed by atoms with Gasteiger partial charge in [0.05, 0.1) is 12.1 Å². The molecule has 0 radical (unpaired) electrons. The highest BCUT2D eigenvalue weighted by Gasteiger charge is 2.32. The van der Waals surface area contributed by atoms with Gasteiger partial charge in [0.15, 0.2) is 5.96 Å². The predicted octanol–water partition coefficient (Wildman–Crippen LogP) is -1.42. The minimum Gasteiger partial charge on any atom is -0.480 e. The third kappa shape index (κ3) is 12.0. The predicted molar refractivity (Wildman–Crippen MR) is 143 cm³/mol. The van der Waals surface area contributed by atoms with Crippen LogP contribution in [-0.4, -0.2) is 76.7 Å². The number of hydrogen-bond acceptors (Lipinski definition) is 7. The Balaban J connectivity index is 3.01. The number of nitrogens with one attached hydrogen (secondary N) is 3. The number of amides is 3. The molecular formula is C25H41N7O6. The summed E-state index contributed by atoms with van der Waals surface area (Å²) in [4.78, 5) is 54.2. The van der Waals surface area contributed by atoms with E-state index in [9.17, 15) is 29.4 Å². The second-order valence-corrected chi connectivity index (χ2v) is 9.56. The maximum absolute atomic E-state index is 13.2. The quantitative estimate of drug-likeness (QED) is 0.0703. The van der Waals surface area contributed by atoms with Gasteiger partial charge in [-0.2, -0.15) is 0 Å². The first-order valence-corrected chi connectivity index (χ1v) is 12.5. The summed E-state index contributed by atoms with van der Waals surface area (Å²) in [5.41, 5.74) is 17.2. The molecule has 13 nitrogen and oxygen atoms in total. The van der Waals surface area contributed by atoms with Crippen LogP contribution in [0.3, 0.4) is 0 Å². The Labute approximate surface area is 222 Å². The Morgan fingerprint density at radius 1 is 0.921 bits per heavy atom. The number of aliphatic hydroxyl groups excluding tert-OH is 1. The van der Waals surface area contributed by atoms with Crippen LogP contribution in [0.15, 0.2) is 35.3 Å². The molecule has 1 rings (SSSR count). The van der Waals surface area contributed by atoms with E-state index in [1.165, 1.54) is 6.92 Å². The lowest BCUT2D eigenvalue weighted by Crippen LogP contribution is -2.60. The summed E-state index contributed by atoms with van der Waals surface area (Å²) < 4.78 is 0. The molecule has 0 spiro atoms. The van der Waals surface area contributed by atoms with Crippen molar-refractivity contribution in [3.05, 3.63) is 35.9 Å². The number of carboxylic acids is 1. The third-order valence-electron chi connectivity index (χ3n) is 5.60. The van der Waals surface area contributed by atoms with E-state index in [1.54, 1.807) is 30.3 Å². The molecule has 11 N–H and O–H groups in total. The molecule has 38 heavy (non-hydrogen) atoms. The van der Waals surface area contributed by atoms with Crippen LogP contribution in [0.1, 0.15) is 45.6 Å². The van der Waals surface area contributed by atoms with Gasteiger partial charge in [0.25, 0.3) is 0 Å². The summed E-state index contributed by atoms with van der Waals surface area (Å²) in [6.45, 7) is 5.28. The fourth-order valence-corrected chi connectivity index (χ4v) is 3.63. The molecular weight excluding hydrogens is 494 g/mol.